The number of piperidine rings is 1. The molecule has 6 heteroatoms. The normalized spacial score (nSPS) is 17.1. The number of carbonyl (C=O) groups is 2. The number of nitrogens with zero attached hydrogens (tertiary/aromatic N) is 4. The lowest BCUT2D eigenvalue weighted by Gasteiger charge is -2.33. The molecule has 2 amide bonds. The molecule has 1 aromatic heterocycles. The van der Waals surface area contributed by atoms with Crippen molar-refractivity contribution in [1.82, 2.24) is 14.7 Å². The van der Waals surface area contributed by atoms with Crippen LogP contribution in [0.4, 0.5) is 5.69 Å². The predicted octanol–water partition coefficient (Wildman–Crippen LogP) is 3.21. The molecule has 0 aliphatic carbocycles. The molecule has 29 heavy (non-hydrogen) atoms. The molecule has 2 aromatic rings. The van der Waals surface area contributed by atoms with Crippen molar-refractivity contribution in [2.75, 3.05) is 24.5 Å². The summed E-state index contributed by atoms with van der Waals surface area (Å²) in [7, 11) is 0. The zero-order valence-corrected chi connectivity index (χ0v) is 17.0. The molecule has 6 nitrogen and oxygen atoms in total. The maximum absolute atomic E-state index is 13.0. The Kier molecular flexibility index (Phi) is 5.51. The zero-order valence-electron chi connectivity index (χ0n) is 17.0. The van der Waals surface area contributed by atoms with E-state index in [9.17, 15) is 9.59 Å². The zero-order chi connectivity index (χ0) is 20.4. The minimum Gasteiger partial charge on any atom is -0.339 e. The number of fused-ring (bicyclic) bond motifs is 1. The average Bonchev–Trinajstić information content (AvgIpc) is 3.16. The molecule has 3 heterocycles. The molecular formula is C23H28N4O2. The molecule has 0 N–H and O–H groups in total. The van der Waals surface area contributed by atoms with Gasteiger partial charge in [-0.25, -0.2) is 0 Å². The molecule has 152 valence electrons. The highest BCUT2D eigenvalue weighted by atomic mass is 16.2. The van der Waals surface area contributed by atoms with Gasteiger partial charge in [-0.1, -0.05) is 6.58 Å². The molecule has 1 fully saturated rings. The summed E-state index contributed by atoms with van der Waals surface area (Å²) in [6, 6.07) is 5.74. The fraction of sp³-hybridized carbons (Fsp3) is 0.435. The minimum atomic E-state index is -0.0838. The van der Waals surface area contributed by atoms with Crippen LogP contribution in [0.1, 0.15) is 40.7 Å². The Morgan fingerprint density at radius 2 is 2.03 bits per heavy atom. The number of anilines is 1. The van der Waals surface area contributed by atoms with Crippen LogP contribution >= 0.6 is 0 Å². The molecule has 0 unspecified atom stereocenters. The maximum atomic E-state index is 13.0. The number of hydrogen-bond donors (Lipinski definition) is 0. The summed E-state index contributed by atoms with van der Waals surface area (Å²) in [5.41, 5.74) is 3.88. The van der Waals surface area contributed by atoms with Crippen LogP contribution in [0.2, 0.25) is 0 Å². The Labute approximate surface area is 171 Å². The fourth-order valence-electron chi connectivity index (χ4n) is 4.40. The van der Waals surface area contributed by atoms with Gasteiger partial charge in [0, 0.05) is 43.6 Å². The second-order valence-corrected chi connectivity index (χ2v) is 8.12. The van der Waals surface area contributed by atoms with Crippen molar-refractivity contribution in [3.8, 4) is 0 Å². The first kappa shape index (κ1) is 19.4. The van der Waals surface area contributed by atoms with Crippen LogP contribution in [0.3, 0.4) is 0 Å². The molecule has 2 aliphatic heterocycles. The molecule has 0 radical (unpaired) electrons. The molecule has 1 saturated heterocycles. The van der Waals surface area contributed by atoms with Crippen LogP contribution in [-0.2, 0) is 17.8 Å². The first-order valence-corrected chi connectivity index (χ1v) is 10.4. The van der Waals surface area contributed by atoms with Crippen LogP contribution in [0, 0.1) is 12.8 Å². The third-order valence-electron chi connectivity index (χ3n) is 6.00. The number of amides is 2. The Hall–Kier alpha value is -2.89. The van der Waals surface area contributed by atoms with E-state index in [1.165, 1.54) is 11.6 Å². The average molecular weight is 393 g/mol. The van der Waals surface area contributed by atoms with Gasteiger partial charge in [-0.15, -0.1) is 0 Å². The van der Waals surface area contributed by atoms with E-state index in [0.29, 0.717) is 12.5 Å². The number of carbonyl (C=O) groups excluding carboxylic acids is 2. The summed E-state index contributed by atoms with van der Waals surface area (Å²) in [4.78, 5) is 28.8. The van der Waals surface area contributed by atoms with Gasteiger partial charge in [0.15, 0.2) is 0 Å². The van der Waals surface area contributed by atoms with Crippen LogP contribution in [0.5, 0.6) is 0 Å². The second kappa shape index (κ2) is 8.23. The number of benzene rings is 1. The molecule has 0 bridgehead atoms. The summed E-state index contributed by atoms with van der Waals surface area (Å²) < 4.78 is 2.01. The van der Waals surface area contributed by atoms with Crippen LogP contribution in [0.25, 0.3) is 0 Å². The largest absolute Gasteiger partial charge is 0.339 e. The van der Waals surface area contributed by atoms with Crippen molar-refractivity contribution in [1.29, 1.82) is 0 Å². The number of aromatic nitrogens is 2. The van der Waals surface area contributed by atoms with Crippen LogP contribution in [0.15, 0.2) is 43.2 Å². The van der Waals surface area contributed by atoms with E-state index in [1.807, 2.05) is 34.0 Å². The van der Waals surface area contributed by atoms with Crippen molar-refractivity contribution in [2.45, 2.75) is 39.2 Å². The van der Waals surface area contributed by atoms with Gasteiger partial charge in [0.2, 0.25) is 5.91 Å². The number of aryl methyl sites for hydroxylation is 2. The van der Waals surface area contributed by atoms with E-state index < -0.39 is 0 Å². The molecular weight excluding hydrogens is 364 g/mol. The Balaban J connectivity index is 1.40. The highest BCUT2D eigenvalue weighted by Crippen LogP contribution is 2.29. The summed E-state index contributed by atoms with van der Waals surface area (Å²) in [6.07, 6.45) is 9.10. The highest BCUT2D eigenvalue weighted by Gasteiger charge is 2.26. The summed E-state index contributed by atoms with van der Waals surface area (Å²) in [5, 5.41) is 4.38. The first-order valence-electron chi connectivity index (χ1n) is 10.4. The quantitative estimate of drug-likeness (QED) is 0.751. The Morgan fingerprint density at radius 3 is 2.72 bits per heavy atom. The van der Waals surface area contributed by atoms with Gasteiger partial charge in [-0.3, -0.25) is 14.3 Å². The lowest BCUT2D eigenvalue weighted by atomic mass is 9.95. The lowest BCUT2D eigenvalue weighted by molar-refractivity contribution is -0.114. The summed E-state index contributed by atoms with van der Waals surface area (Å²) in [6.45, 7) is 8.82. The van der Waals surface area contributed by atoms with Crippen molar-refractivity contribution >= 4 is 17.5 Å². The van der Waals surface area contributed by atoms with Gasteiger partial charge < -0.3 is 9.80 Å². The molecule has 0 atom stereocenters. The van der Waals surface area contributed by atoms with Gasteiger partial charge in [-0.05, 0) is 73.9 Å². The van der Waals surface area contributed by atoms with E-state index in [2.05, 4.69) is 24.8 Å². The van der Waals surface area contributed by atoms with Gasteiger partial charge in [0.25, 0.3) is 5.91 Å². The molecule has 1 aromatic carbocycles. The fourth-order valence-corrected chi connectivity index (χ4v) is 4.40. The van der Waals surface area contributed by atoms with E-state index in [1.54, 1.807) is 4.90 Å². The molecule has 0 saturated carbocycles. The van der Waals surface area contributed by atoms with Crippen molar-refractivity contribution in [2.24, 2.45) is 5.92 Å². The molecule has 2 aliphatic rings. The predicted molar refractivity (Wildman–Crippen MR) is 113 cm³/mol. The van der Waals surface area contributed by atoms with E-state index in [4.69, 9.17) is 0 Å². The van der Waals surface area contributed by atoms with Crippen molar-refractivity contribution < 1.29 is 9.59 Å². The number of hydrogen-bond acceptors (Lipinski definition) is 3. The summed E-state index contributed by atoms with van der Waals surface area (Å²) >= 11 is 0. The maximum Gasteiger partial charge on any atom is 0.253 e. The minimum absolute atomic E-state index is 0.0838. The van der Waals surface area contributed by atoms with E-state index in [0.717, 1.165) is 62.1 Å². The SMILES string of the molecule is C=CC(=O)N1CCCc2cc(C(=O)N3CCC(Cn4cc(C)cn4)CC3)ccc21. The first-order chi connectivity index (χ1) is 14.0. The van der Waals surface area contributed by atoms with Crippen molar-refractivity contribution in [3.05, 3.63) is 59.9 Å². The third kappa shape index (κ3) is 4.11. The van der Waals surface area contributed by atoms with E-state index in [-0.39, 0.29) is 11.8 Å². The number of likely N-dealkylation sites (tertiary alicyclic amines) is 1. The monoisotopic (exact) mass is 392 g/mol. The van der Waals surface area contributed by atoms with Gasteiger partial charge >= 0.3 is 0 Å². The Bertz CT molecular complexity index is 925. The van der Waals surface area contributed by atoms with Crippen LogP contribution in [-0.4, -0.2) is 46.1 Å². The van der Waals surface area contributed by atoms with Gasteiger partial charge in [0.1, 0.15) is 0 Å². The lowest BCUT2D eigenvalue weighted by Crippen LogP contribution is -2.39. The van der Waals surface area contributed by atoms with Crippen molar-refractivity contribution in [3.63, 3.8) is 0 Å². The standard InChI is InChI=1S/C23H28N4O2/c1-3-22(28)27-10-4-5-19-13-20(6-7-21(19)27)23(29)25-11-8-18(9-12-25)16-26-15-17(2)14-24-26/h3,6-7,13-15,18H,1,4-5,8-12,16H2,2H3. The summed E-state index contributed by atoms with van der Waals surface area (Å²) in [5.74, 6) is 0.563. The Morgan fingerprint density at radius 1 is 1.24 bits per heavy atom. The second-order valence-electron chi connectivity index (χ2n) is 8.12. The highest BCUT2D eigenvalue weighted by molar-refractivity contribution is 6.02. The molecule has 4 rings (SSSR count). The molecule has 0 spiro atoms. The smallest absolute Gasteiger partial charge is 0.253 e. The van der Waals surface area contributed by atoms with Gasteiger partial charge in [0.05, 0.1) is 6.20 Å². The van der Waals surface area contributed by atoms with Gasteiger partial charge in [-0.2, -0.15) is 5.10 Å². The topological polar surface area (TPSA) is 58.4 Å². The van der Waals surface area contributed by atoms with E-state index >= 15 is 0 Å². The number of rotatable bonds is 4. The third-order valence-corrected chi connectivity index (χ3v) is 6.00. The van der Waals surface area contributed by atoms with Crippen LogP contribution < -0.4 is 4.90 Å².